The van der Waals surface area contributed by atoms with E-state index in [9.17, 15) is 4.79 Å². The third kappa shape index (κ3) is 5.25. The average molecular weight is 401 g/mol. The number of carbonyl (C=O) groups excluding carboxylic acids is 1. The van der Waals surface area contributed by atoms with Crippen LogP contribution in [0.25, 0.3) is 0 Å². The molecule has 6 nitrogen and oxygen atoms in total. The van der Waals surface area contributed by atoms with Gasteiger partial charge in [-0.15, -0.1) is 11.3 Å². The number of nitrogens with zero attached hydrogens (tertiary/aromatic N) is 2. The second kappa shape index (κ2) is 9.59. The zero-order valence-electron chi connectivity index (χ0n) is 16.7. The minimum absolute atomic E-state index is 0.0297. The van der Waals surface area contributed by atoms with Gasteiger partial charge in [0.25, 0.3) is 0 Å². The van der Waals surface area contributed by atoms with Crippen molar-refractivity contribution >= 4 is 23.2 Å². The number of thiophene rings is 1. The predicted molar refractivity (Wildman–Crippen MR) is 114 cm³/mol. The van der Waals surface area contributed by atoms with Crippen LogP contribution in [0.5, 0.6) is 5.75 Å². The first kappa shape index (κ1) is 20.2. The number of fused-ring (bicyclic) bond motifs is 1. The standard InChI is InChI=1S/C21H28N4O2S/c1-4-15-9-10-16(28-15)13-22-21(23-14-20(26)25(2)3)24-18-11-12-27-19-8-6-5-7-17(18)19/h5-10,18H,4,11-14H2,1-3H3,(H2,22,23,24). The van der Waals surface area contributed by atoms with Gasteiger partial charge in [0.1, 0.15) is 12.3 Å². The number of hydrogen-bond donors (Lipinski definition) is 2. The van der Waals surface area contributed by atoms with Crippen LogP contribution < -0.4 is 15.4 Å². The number of aryl methyl sites for hydroxylation is 1. The van der Waals surface area contributed by atoms with E-state index in [0.717, 1.165) is 24.2 Å². The molecule has 7 heteroatoms. The van der Waals surface area contributed by atoms with E-state index in [4.69, 9.17) is 4.74 Å². The lowest BCUT2D eigenvalue weighted by Gasteiger charge is -2.28. The van der Waals surface area contributed by atoms with Crippen molar-refractivity contribution in [3.63, 3.8) is 0 Å². The Hall–Kier alpha value is -2.54. The Morgan fingerprint density at radius 1 is 1.25 bits per heavy atom. The van der Waals surface area contributed by atoms with Crippen molar-refractivity contribution in [2.75, 3.05) is 27.2 Å². The summed E-state index contributed by atoms with van der Waals surface area (Å²) in [6, 6.07) is 12.5. The van der Waals surface area contributed by atoms with E-state index in [1.165, 1.54) is 9.75 Å². The van der Waals surface area contributed by atoms with E-state index >= 15 is 0 Å². The largest absolute Gasteiger partial charge is 0.493 e. The van der Waals surface area contributed by atoms with Gasteiger partial charge in [0, 0.05) is 35.8 Å². The highest BCUT2D eigenvalue weighted by atomic mass is 32.1. The molecular weight excluding hydrogens is 372 g/mol. The van der Waals surface area contributed by atoms with Crippen molar-refractivity contribution in [2.24, 2.45) is 4.99 Å². The molecule has 2 aromatic rings. The summed E-state index contributed by atoms with van der Waals surface area (Å²) < 4.78 is 5.75. The predicted octanol–water partition coefficient (Wildman–Crippen LogP) is 2.96. The van der Waals surface area contributed by atoms with E-state index in [-0.39, 0.29) is 18.5 Å². The molecule has 150 valence electrons. The molecule has 0 radical (unpaired) electrons. The van der Waals surface area contributed by atoms with Gasteiger partial charge >= 0.3 is 0 Å². The molecule has 0 saturated carbocycles. The minimum atomic E-state index is -0.0297. The quantitative estimate of drug-likeness (QED) is 0.578. The monoisotopic (exact) mass is 400 g/mol. The molecule has 1 aromatic carbocycles. The van der Waals surface area contributed by atoms with E-state index < -0.39 is 0 Å². The highest BCUT2D eigenvalue weighted by Crippen LogP contribution is 2.31. The second-order valence-corrected chi connectivity index (χ2v) is 8.15. The number of para-hydroxylation sites is 1. The van der Waals surface area contributed by atoms with Crippen LogP contribution in [-0.2, 0) is 17.8 Å². The summed E-state index contributed by atoms with van der Waals surface area (Å²) in [6.07, 6.45) is 1.89. The van der Waals surface area contributed by atoms with Crippen molar-refractivity contribution in [3.05, 3.63) is 51.7 Å². The van der Waals surface area contributed by atoms with Crippen LogP contribution in [0.2, 0.25) is 0 Å². The van der Waals surface area contributed by atoms with E-state index in [1.54, 1.807) is 30.3 Å². The number of likely N-dealkylation sites (N-methyl/N-ethyl adjacent to an activating group) is 1. The van der Waals surface area contributed by atoms with Gasteiger partial charge in [-0.1, -0.05) is 25.1 Å². The normalized spacial score (nSPS) is 16.1. The van der Waals surface area contributed by atoms with Crippen LogP contribution in [0.15, 0.2) is 41.4 Å². The molecule has 2 N–H and O–H groups in total. The molecule has 1 unspecified atom stereocenters. The summed E-state index contributed by atoms with van der Waals surface area (Å²) in [5, 5.41) is 6.87. The van der Waals surface area contributed by atoms with Gasteiger partial charge in [0.15, 0.2) is 5.96 Å². The summed E-state index contributed by atoms with van der Waals surface area (Å²) in [5.41, 5.74) is 1.12. The molecule has 0 aliphatic carbocycles. The topological polar surface area (TPSA) is 66.0 Å². The Bertz CT molecular complexity index is 831. The van der Waals surface area contributed by atoms with Gasteiger partial charge in [0.05, 0.1) is 19.2 Å². The molecule has 1 atom stereocenters. The lowest BCUT2D eigenvalue weighted by Crippen LogP contribution is -2.41. The van der Waals surface area contributed by atoms with Crippen LogP contribution >= 0.6 is 11.3 Å². The maximum Gasteiger partial charge on any atom is 0.243 e. The highest BCUT2D eigenvalue weighted by Gasteiger charge is 2.22. The van der Waals surface area contributed by atoms with Gasteiger partial charge in [-0.25, -0.2) is 4.99 Å². The van der Waals surface area contributed by atoms with Crippen molar-refractivity contribution in [1.82, 2.24) is 15.5 Å². The zero-order valence-corrected chi connectivity index (χ0v) is 17.5. The first-order valence-corrected chi connectivity index (χ1v) is 10.4. The van der Waals surface area contributed by atoms with Gasteiger partial charge in [-0.05, 0) is 24.6 Å². The SMILES string of the molecule is CCc1ccc(CNC(=NCC(=O)N(C)C)NC2CCOc3ccccc32)s1. The first-order valence-electron chi connectivity index (χ1n) is 9.61. The number of guanidine groups is 1. The Morgan fingerprint density at radius 2 is 2.04 bits per heavy atom. The lowest BCUT2D eigenvalue weighted by molar-refractivity contribution is -0.127. The van der Waals surface area contributed by atoms with E-state index in [1.807, 2.05) is 18.2 Å². The highest BCUT2D eigenvalue weighted by molar-refractivity contribution is 7.11. The van der Waals surface area contributed by atoms with E-state index in [2.05, 4.69) is 40.7 Å². The number of aliphatic imine (C=N–C) groups is 1. The summed E-state index contributed by atoms with van der Waals surface area (Å²) in [6.45, 7) is 3.60. The van der Waals surface area contributed by atoms with Gasteiger partial charge < -0.3 is 20.3 Å². The summed E-state index contributed by atoms with van der Waals surface area (Å²) in [7, 11) is 3.48. The summed E-state index contributed by atoms with van der Waals surface area (Å²) >= 11 is 1.80. The summed E-state index contributed by atoms with van der Waals surface area (Å²) in [4.78, 5) is 20.7. The maximum atomic E-state index is 12.0. The third-order valence-corrected chi connectivity index (χ3v) is 5.87. The van der Waals surface area contributed by atoms with Crippen LogP contribution in [0.4, 0.5) is 0 Å². The molecule has 3 rings (SSSR count). The van der Waals surface area contributed by atoms with Crippen LogP contribution in [0.3, 0.4) is 0 Å². The molecule has 28 heavy (non-hydrogen) atoms. The molecule has 1 amide bonds. The number of amides is 1. The Balaban J connectivity index is 1.72. The molecule has 2 heterocycles. The lowest BCUT2D eigenvalue weighted by atomic mass is 10.0. The Morgan fingerprint density at radius 3 is 2.79 bits per heavy atom. The minimum Gasteiger partial charge on any atom is -0.493 e. The fourth-order valence-electron chi connectivity index (χ4n) is 2.98. The first-order chi connectivity index (χ1) is 13.6. The average Bonchev–Trinajstić information content (AvgIpc) is 3.18. The summed E-state index contributed by atoms with van der Waals surface area (Å²) in [5.74, 6) is 1.52. The molecule has 1 aliphatic rings. The molecule has 0 bridgehead atoms. The molecule has 1 aromatic heterocycles. The molecule has 0 spiro atoms. The Labute approximate surface area is 170 Å². The third-order valence-electron chi connectivity index (χ3n) is 4.64. The van der Waals surface area contributed by atoms with Gasteiger partial charge in [0.2, 0.25) is 5.91 Å². The smallest absolute Gasteiger partial charge is 0.243 e. The number of hydrogen-bond acceptors (Lipinski definition) is 4. The van der Waals surface area contributed by atoms with Crippen LogP contribution in [0.1, 0.15) is 34.7 Å². The second-order valence-electron chi connectivity index (χ2n) is 6.90. The molecule has 0 saturated heterocycles. The van der Waals surface area contributed by atoms with Crippen molar-refractivity contribution in [3.8, 4) is 5.75 Å². The Kier molecular flexibility index (Phi) is 6.92. The number of rotatable bonds is 6. The molecule has 1 aliphatic heterocycles. The van der Waals surface area contributed by atoms with Crippen LogP contribution in [0, 0.1) is 0 Å². The number of carbonyl (C=O) groups is 1. The molecule has 0 fully saturated rings. The van der Waals surface area contributed by atoms with Crippen LogP contribution in [-0.4, -0.2) is 44.0 Å². The van der Waals surface area contributed by atoms with Crippen molar-refractivity contribution in [1.29, 1.82) is 0 Å². The number of ether oxygens (including phenoxy) is 1. The zero-order chi connectivity index (χ0) is 19.9. The molecular formula is C21H28N4O2S. The van der Waals surface area contributed by atoms with E-state index in [0.29, 0.717) is 19.1 Å². The van der Waals surface area contributed by atoms with Gasteiger partial charge in [-0.3, -0.25) is 4.79 Å². The number of benzene rings is 1. The fraction of sp³-hybridized carbons (Fsp3) is 0.429. The maximum absolute atomic E-state index is 12.0. The number of nitrogens with one attached hydrogen (secondary N) is 2. The van der Waals surface area contributed by atoms with Crippen molar-refractivity contribution in [2.45, 2.75) is 32.4 Å². The fourth-order valence-corrected chi connectivity index (χ4v) is 3.87. The van der Waals surface area contributed by atoms with Gasteiger partial charge in [-0.2, -0.15) is 0 Å². The van der Waals surface area contributed by atoms with Crippen molar-refractivity contribution < 1.29 is 9.53 Å².